The first-order valence-corrected chi connectivity index (χ1v) is 9.04. The molecule has 9 nitrogen and oxygen atoms in total. The number of aromatic nitrogens is 2. The molecule has 10 heteroatoms. The van der Waals surface area contributed by atoms with Crippen molar-refractivity contribution in [2.45, 2.75) is 4.90 Å². The topological polar surface area (TPSA) is 128 Å². The van der Waals surface area contributed by atoms with Crippen LogP contribution < -0.4 is 10.4 Å². The predicted octanol–water partition coefficient (Wildman–Crippen LogP) is 1.05. The number of benzene rings is 2. The summed E-state index contributed by atoms with van der Waals surface area (Å²) in [7, 11) is -4.44. The van der Waals surface area contributed by atoms with Gasteiger partial charge in [-0.1, -0.05) is 24.3 Å². The molecule has 0 aliphatic carbocycles. The molecule has 0 spiro atoms. The molecule has 2 aromatic carbocycles. The first-order chi connectivity index (χ1) is 12.8. The quantitative estimate of drug-likeness (QED) is 0.644. The summed E-state index contributed by atoms with van der Waals surface area (Å²) in [6.45, 7) is -0.654. The molecular formula is C17H14N2O7S. The lowest BCUT2D eigenvalue weighted by atomic mass is 10.3. The number of hydrogen-bond acceptors (Lipinski definition) is 6. The lowest BCUT2D eigenvalue weighted by Crippen LogP contribution is -2.28. The van der Waals surface area contributed by atoms with Gasteiger partial charge in [0.2, 0.25) is 5.88 Å². The van der Waals surface area contributed by atoms with Gasteiger partial charge in [0.05, 0.1) is 16.8 Å². The van der Waals surface area contributed by atoms with E-state index in [1.54, 1.807) is 30.3 Å². The maximum atomic E-state index is 12.8. The van der Waals surface area contributed by atoms with Gasteiger partial charge >= 0.3 is 11.7 Å². The molecule has 0 bridgehead atoms. The highest BCUT2D eigenvalue weighted by Crippen LogP contribution is 2.23. The number of imidazole rings is 1. The normalized spacial score (nSPS) is 11.3. The summed E-state index contributed by atoms with van der Waals surface area (Å²) in [4.78, 5) is 22.8. The van der Waals surface area contributed by atoms with Gasteiger partial charge in [0.15, 0.2) is 6.61 Å². The van der Waals surface area contributed by atoms with Gasteiger partial charge in [-0.25, -0.2) is 18.0 Å². The highest BCUT2D eigenvalue weighted by atomic mass is 32.2. The molecule has 0 amide bonds. The fraction of sp³-hybridized carbons (Fsp3) is 0.0588. The molecule has 0 radical (unpaired) electrons. The zero-order valence-corrected chi connectivity index (χ0v) is 14.5. The van der Waals surface area contributed by atoms with Crippen LogP contribution in [0.2, 0.25) is 0 Å². The molecule has 0 unspecified atom stereocenters. The number of carbonyl (C=O) groups is 1. The fourth-order valence-corrected chi connectivity index (χ4v) is 3.71. The van der Waals surface area contributed by atoms with Gasteiger partial charge in [0.1, 0.15) is 5.75 Å². The maximum Gasteiger partial charge on any atom is 0.350 e. The molecule has 0 fully saturated rings. The second-order valence-electron chi connectivity index (χ2n) is 5.40. The standard InChI is InChI=1S/C17H14N2O7S/c20-15-10-18(12-5-2-1-3-6-12)17(23)19(15)27(24,25)14-8-4-7-13(9-14)26-11-16(21)22/h1-10,20H,11H2,(H,21,22). The summed E-state index contributed by atoms with van der Waals surface area (Å²) in [6, 6.07) is 13.2. The first-order valence-electron chi connectivity index (χ1n) is 7.60. The van der Waals surface area contributed by atoms with Crippen molar-refractivity contribution >= 4 is 16.0 Å². The van der Waals surface area contributed by atoms with Gasteiger partial charge in [0.25, 0.3) is 10.0 Å². The number of carboxylic acid groups (broad SMARTS) is 1. The Balaban J connectivity index is 2.06. The molecule has 0 saturated heterocycles. The van der Waals surface area contributed by atoms with Gasteiger partial charge < -0.3 is 14.9 Å². The number of nitrogens with zero attached hydrogens (tertiary/aromatic N) is 2. The van der Waals surface area contributed by atoms with Gasteiger partial charge in [-0.3, -0.25) is 4.57 Å². The van der Waals surface area contributed by atoms with Gasteiger partial charge in [-0.2, -0.15) is 0 Å². The van der Waals surface area contributed by atoms with Crippen LogP contribution in [0, 0.1) is 0 Å². The van der Waals surface area contributed by atoms with Crippen molar-refractivity contribution in [1.82, 2.24) is 8.54 Å². The third-order valence-electron chi connectivity index (χ3n) is 3.57. The molecule has 0 aliphatic heterocycles. The Labute approximate surface area is 153 Å². The zero-order chi connectivity index (χ0) is 19.6. The first kappa shape index (κ1) is 18.3. The Hall–Kier alpha value is -3.53. The van der Waals surface area contributed by atoms with E-state index >= 15 is 0 Å². The lowest BCUT2D eigenvalue weighted by molar-refractivity contribution is -0.139. The second kappa shape index (κ2) is 7.00. The van der Waals surface area contributed by atoms with Crippen molar-refractivity contribution in [3.8, 4) is 17.3 Å². The third kappa shape index (κ3) is 3.55. The fourth-order valence-electron chi connectivity index (χ4n) is 2.39. The van der Waals surface area contributed by atoms with E-state index in [2.05, 4.69) is 0 Å². The number of carboxylic acids is 1. The second-order valence-corrected chi connectivity index (χ2v) is 7.19. The largest absolute Gasteiger partial charge is 0.493 e. The zero-order valence-electron chi connectivity index (χ0n) is 13.7. The predicted molar refractivity (Wildman–Crippen MR) is 93.9 cm³/mol. The van der Waals surface area contributed by atoms with Crippen LogP contribution in [0.15, 0.2) is 70.5 Å². The SMILES string of the molecule is O=C(O)COc1cccc(S(=O)(=O)n2c(O)cn(-c3ccccc3)c2=O)c1. The van der Waals surface area contributed by atoms with Gasteiger partial charge in [-0.05, 0) is 24.3 Å². The van der Waals surface area contributed by atoms with E-state index < -0.39 is 34.2 Å². The molecule has 3 aromatic rings. The summed E-state index contributed by atoms with van der Waals surface area (Å²) in [6.07, 6.45) is 1.000. The Morgan fingerprint density at radius 3 is 2.44 bits per heavy atom. The van der Waals surface area contributed by atoms with Gasteiger partial charge in [0, 0.05) is 6.07 Å². The van der Waals surface area contributed by atoms with Crippen molar-refractivity contribution in [2.24, 2.45) is 0 Å². The summed E-state index contributed by atoms with van der Waals surface area (Å²) >= 11 is 0. The summed E-state index contributed by atoms with van der Waals surface area (Å²) in [5.41, 5.74) is -0.596. The van der Waals surface area contributed by atoms with E-state index in [0.29, 0.717) is 5.69 Å². The molecule has 3 rings (SSSR count). The summed E-state index contributed by atoms with van der Waals surface area (Å²) < 4.78 is 31.9. The van der Waals surface area contributed by atoms with Crippen molar-refractivity contribution in [2.75, 3.05) is 6.61 Å². The van der Waals surface area contributed by atoms with Crippen molar-refractivity contribution in [1.29, 1.82) is 0 Å². The minimum absolute atomic E-state index is 0.00601. The number of ether oxygens (including phenoxy) is 1. The molecule has 27 heavy (non-hydrogen) atoms. The van der Waals surface area contributed by atoms with E-state index in [0.717, 1.165) is 16.8 Å². The summed E-state index contributed by atoms with van der Waals surface area (Å²) in [5.74, 6) is -1.99. The van der Waals surface area contributed by atoms with Crippen LogP contribution >= 0.6 is 0 Å². The van der Waals surface area contributed by atoms with E-state index in [-0.39, 0.29) is 14.6 Å². The minimum Gasteiger partial charge on any atom is -0.493 e. The molecule has 1 aromatic heterocycles. The van der Waals surface area contributed by atoms with E-state index in [1.165, 1.54) is 18.2 Å². The Morgan fingerprint density at radius 1 is 1.07 bits per heavy atom. The highest BCUT2D eigenvalue weighted by molar-refractivity contribution is 7.90. The average molecular weight is 390 g/mol. The van der Waals surface area contributed by atoms with Crippen molar-refractivity contribution < 1.29 is 28.2 Å². The molecule has 1 heterocycles. The van der Waals surface area contributed by atoms with E-state index in [9.17, 15) is 23.1 Å². The average Bonchev–Trinajstić information content (AvgIpc) is 2.96. The minimum atomic E-state index is -4.44. The van der Waals surface area contributed by atoms with Crippen molar-refractivity contribution in [3.05, 3.63) is 71.3 Å². The van der Waals surface area contributed by atoms with Crippen LogP contribution in [0.4, 0.5) is 0 Å². The van der Waals surface area contributed by atoms with Crippen LogP contribution in [0.3, 0.4) is 0 Å². The van der Waals surface area contributed by atoms with Crippen LogP contribution in [-0.2, 0) is 14.8 Å². The molecule has 0 atom stereocenters. The number of aliphatic carboxylic acids is 1. The smallest absolute Gasteiger partial charge is 0.350 e. The van der Waals surface area contributed by atoms with E-state index in [4.69, 9.17) is 9.84 Å². The molecular weight excluding hydrogens is 376 g/mol. The van der Waals surface area contributed by atoms with Crippen LogP contribution in [-0.4, -0.2) is 39.7 Å². The molecule has 2 N–H and O–H groups in total. The van der Waals surface area contributed by atoms with Gasteiger partial charge in [-0.15, -0.1) is 3.97 Å². The lowest BCUT2D eigenvalue weighted by Gasteiger charge is -2.08. The Kier molecular flexibility index (Phi) is 4.74. The molecule has 0 saturated carbocycles. The number of hydrogen-bond donors (Lipinski definition) is 2. The molecule has 140 valence electrons. The number of aromatic hydroxyl groups is 1. The van der Waals surface area contributed by atoms with Crippen LogP contribution in [0.25, 0.3) is 5.69 Å². The Morgan fingerprint density at radius 2 is 1.78 bits per heavy atom. The Bertz CT molecular complexity index is 1150. The van der Waals surface area contributed by atoms with E-state index in [1.807, 2.05) is 0 Å². The summed E-state index contributed by atoms with van der Waals surface area (Å²) in [5, 5.41) is 18.7. The maximum absolute atomic E-state index is 12.8. The molecule has 0 aliphatic rings. The third-order valence-corrected chi connectivity index (χ3v) is 5.25. The van der Waals surface area contributed by atoms with Crippen LogP contribution in [0.5, 0.6) is 11.6 Å². The number of para-hydroxylation sites is 1. The van der Waals surface area contributed by atoms with Crippen molar-refractivity contribution in [3.63, 3.8) is 0 Å². The number of rotatable bonds is 6. The monoisotopic (exact) mass is 390 g/mol. The van der Waals surface area contributed by atoms with Crippen LogP contribution in [0.1, 0.15) is 0 Å². The highest BCUT2D eigenvalue weighted by Gasteiger charge is 2.26.